The fourth-order valence-electron chi connectivity index (χ4n) is 5.74. The summed E-state index contributed by atoms with van der Waals surface area (Å²) in [6, 6.07) is 15.1. The first-order chi connectivity index (χ1) is 20.9. The first-order valence-electron chi connectivity index (χ1n) is 14.1. The molecule has 0 aliphatic carbocycles. The van der Waals surface area contributed by atoms with Crippen molar-refractivity contribution < 1.29 is 14.1 Å². The van der Waals surface area contributed by atoms with E-state index in [0.717, 1.165) is 59.6 Å². The molecular weight excluding hydrogens is 546 g/mol. The summed E-state index contributed by atoms with van der Waals surface area (Å²) in [7, 11) is 0. The van der Waals surface area contributed by atoms with Crippen LogP contribution in [-0.4, -0.2) is 61.9 Å². The van der Waals surface area contributed by atoms with Gasteiger partial charge in [-0.05, 0) is 60.9 Å². The molecule has 0 bridgehead atoms. The Kier molecular flexibility index (Phi) is 6.74. The summed E-state index contributed by atoms with van der Waals surface area (Å²) in [4.78, 5) is 31.8. The number of hydrogen-bond donors (Lipinski definition) is 3. The van der Waals surface area contributed by atoms with Gasteiger partial charge >= 0.3 is 0 Å². The number of nitrogens with zero attached hydrogens (tertiary/aromatic N) is 6. The molecule has 1 saturated heterocycles. The Morgan fingerprint density at radius 1 is 1.07 bits per heavy atom. The van der Waals surface area contributed by atoms with E-state index in [-0.39, 0.29) is 5.91 Å². The molecule has 4 aromatic heterocycles. The molecule has 6 aromatic rings. The number of anilines is 2. The van der Waals surface area contributed by atoms with Crippen LogP contribution in [0.5, 0.6) is 0 Å². The fourth-order valence-corrected chi connectivity index (χ4v) is 5.74. The maximum absolute atomic E-state index is 12.9. The van der Waals surface area contributed by atoms with Gasteiger partial charge in [0.2, 0.25) is 0 Å². The monoisotopic (exact) mass is 577 g/mol. The van der Waals surface area contributed by atoms with Crippen LogP contribution in [0.3, 0.4) is 0 Å². The summed E-state index contributed by atoms with van der Waals surface area (Å²) >= 11 is 0. The van der Waals surface area contributed by atoms with Crippen LogP contribution in [-0.2, 0) is 17.8 Å². The van der Waals surface area contributed by atoms with Crippen molar-refractivity contribution in [3.63, 3.8) is 0 Å². The molecule has 1 amide bonds. The number of nitrogens with one attached hydrogen (secondary N) is 2. The Morgan fingerprint density at radius 2 is 1.93 bits per heavy atom. The lowest BCUT2D eigenvalue weighted by Crippen LogP contribution is -2.36. The number of carbonyl (C=O) groups excluding carboxylic acids is 1. The minimum Gasteiger partial charge on any atom is -0.382 e. The smallest absolute Gasteiger partial charge is 0.257 e. The Labute approximate surface area is 246 Å². The van der Waals surface area contributed by atoms with Crippen LogP contribution in [0, 0.1) is 13.8 Å². The summed E-state index contributed by atoms with van der Waals surface area (Å²) in [5.41, 5.74) is 14.6. The lowest BCUT2D eigenvalue weighted by molar-refractivity contribution is 0.0948. The molecule has 218 valence electrons. The van der Waals surface area contributed by atoms with Crippen molar-refractivity contribution in [3.05, 3.63) is 83.4 Å². The third-order valence-electron chi connectivity index (χ3n) is 7.89. The van der Waals surface area contributed by atoms with Crippen molar-refractivity contribution in [1.82, 2.24) is 35.0 Å². The lowest BCUT2D eigenvalue weighted by Gasteiger charge is -2.29. The van der Waals surface area contributed by atoms with E-state index < -0.39 is 0 Å². The molecule has 1 aliphatic heterocycles. The number of aromatic amines is 1. The van der Waals surface area contributed by atoms with E-state index in [2.05, 4.69) is 77.8 Å². The molecule has 0 saturated carbocycles. The van der Waals surface area contributed by atoms with Gasteiger partial charge in [-0.3, -0.25) is 4.79 Å². The van der Waals surface area contributed by atoms with E-state index in [4.69, 9.17) is 15.0 Å². The average Bonchev–Trinajstić information content (AvgIpc) is 3.73. The van der Waals surface area contributed by atoms with Gasteiger partial charge in [0.1, 0.15) is 23.2 Å². The SMILES string of the molecule is Cc1noc(C)c1C(=O)NCc1cc2cc(-c3cccc(N4CCOCC4)c3)cc(Cn3cnc4c(N)ncnc43)c2[nH]1. The molecule has 0 unspecified atom stereocenters. The first-order valence-corrected chi connectivity index (χ1v) is 14.1. The minimum atomic E-state index is -0.224. The molecule has 12 nitrogen and oxygen atoms in total. The maximum atomic E-state index is 12.9. The summed E-state index contributed by atoms with van der Waals surface area (Å²) in [5.74, 6) is 0.617. The second-order valence-electron chi connectivity index (χ2n) is 10.7. The lowest BCUT2D eigenvalue weighted by atomic mass is 9.99. The van der Waals surface area contributed by atoms with E-state index in [1.165, 1.54) is 12.0 Å². The molecule has 2 aromatic carbocycles. The van der Waals surface area contributed by atoms with Crippen LogP contribution in [0.15, 0.2) is 59.6 Å². The van der Waals surface area contributed by atoms with E-state index >= 15 is 0 Å². The van der Waals surface area contributed by atoms with E-state index in [1.54, 1.807) is 20.2 Å². The predicted molar refractivity (Wildman–Crippen MR) is 163 cm³/mol. The van der Waals surface area contributed by atoms with Gasteiger partial charge < -0.3 is 34.8 Å². The number of fused-ring (bicyclic) bond motifs is 2. The normalized spacial score (nSPS) is 13.7. The largest absolute Gasteiger partial charge is 0.382 e. The first kappa shape index (κ1) is 26.7. The maximum Gasteiger partial charge on any atom is 0.257 e. The number of ether oxygens (including phenoxy) is 1. The number of nitrogens with two attached hydrogens (primary N) is 1. The number of benzene rings is 2. The Balaban J connectivity index is 1.26. The Bertz CT molecular complexity index is 1950. The number of aromatic nitrogens is 6. The molecule has 43 heavy (non-hydrogen) atoms. The van der Waals surface area contributed by atoms with Crippen molar-refractivity contribution in [2.24, 2.45) is 0 Å². The van der Waals surface area contributed by atoms with Crippen LogP contribution in [0.1, 0.15) is 33.1 Å². The number of rotatable bonds is 7. The van der Waals surface area contributed by atoms with Crippen molar-refractivity contribution >= 4 is 39.5 Å². The summed E-state index contributed by atoms with van der Waals surface area (Å²) in [5, 5.41) is 7.93. The van der Waals surface area contributed by atoms with Gasteiger partial charge in [-0.1, -0.05) is 17.3 Å². The van der Waals surface area contributed by atoms with E-state index in [1.807, 2.05) is 4.57 Å². The topological polar surface area (TPSA) is 153 Å². The molecule has 1 fully saturated rings. The minimum absolute atomic E-state index is 0.224. The van der Waals surface area contributed by atoms with Crippen LogP contribution < -0.4 is 16.0 Å². The van der Waals surface area contributed by atoms with Crippen LogP contribution in [0.2, 0.25) is 0 Å². The van der Waals surface area contributed by atoms with Gasteiger partial charge in [0.05, 0.1) is 43.8 Å². The number of aryl methyl sites for hydroxylation is 2. The molecule has 7 rings (SSSR count). The van der Waals surface area contributed by atoms with Crippen LogP contribution in [0.4, 0.5) is 11.5 Å². The molecule has 0 spiro atoms. The Morgan fingerprint density at radius 3 is 2.74 bits per heavy atom. The summed E-state index contributed by atoms with van der Waals surface area (Å²) in [6.07, 6.45) is 3.19. The number of nitrogen functional groups attached to an aromatic ring is 1. The highest BCUT2D eigenvalue weighted by molar-refractivity contribution is 5.96. The number of morpholine rings is 1. The molecule has 5 heterocycles. The average molecular weight is 578 g/mol. The van der Waals surface area contributed by atoms with Gasteiger partial charge in [0.25, 0.3) is 5.91 Å². The number of hydrogen-bond acceptors (Lipinski definition) is 9. The number of imidazole rings is 1. The molecule has 12 heteroatoms. The highest BCUT2D eigenvalue weighted by Crippen LogP contribution is 2.32. The van der Waals surface area contributed by atoms with Crippen molar-refractivity contribution in [3.8, 4) is 11.1 Å². The second kappa shape index (κ2) is 10.9. The fraction of sp³-hybridized carbons (Fsp3) is 0.258. The summed E-state index contributed by atoms with van der Waals surface area (Å²) in [6.45, 7) is 7.51. The van der Waals surface area contributed by atoms with Crippen molar-refractivity contribution in [1.29, 1.82) is 0 Å². The molecule has 4 N–H and O–H groups in total. The summed E-state index contributed by atoms with van der Waals surface area (Å²) < 4.78 is 12.7. The van der Waals surface area contributed by atoms with Crippen LogP contribution >= 0.6 is 0 Å². The zero-order valence-corrected chi connectivity index (χ0v) is 23.9. The number of amides is 1. The number of carbonyl (C=O) groups is 1. The molecule has 1 aliphatic rings. The van der Waals surface area contributed by atoms with Crippen molar-refractivity contribution in [2.45, 2.75) is 26.9 Å². The highest BCUT2D eigenvalue weighted by Gasteiger charge is 2.19. The Hall–Kier alpha value is -5.23. The van der Waals surface area contributed by atoms with Crippen LogP contribution in [0.25, 0.3) is 33.2 Å². The van der Waals surface area contributed by atoms with Gasteiger partial charge in [0.15, 0.2) is 11.5 Å². The van der Waals surface area contributed by atoms with Crippen molar-refractivity contribution in [2.75, 3.05) is 36.9 Å². The van der Waals surface area contributed by atoms with Gasteiger partial charge in [0, 0.05) is 29.9 Å². The quantitative estimate of drug-likeness (QED) is 0.256. The predicted octanol–water partition coefficient (Wildman–Crippen LogP) is 3.98. The third-order valence-corrected chi connectivity index (χ3v) is 7.89. The molecule has 0 atom stereocenters. The number of H-pyrrole nitrogens is 1. The third kappa shape index (κ3) is 5.06. The zero-order valence-electron chi connectivity index (χ0n) is 23.9. The van der Waals surface area contributed by atoms with E-state index in [0.29, 0.717) is 47.1 Å². The highest BCUT2D eigenvalue weighted by atomic mass is 16.5. The standard InChI is InChI=1S/C31H31N9O3/c1-18-26(19(2)43-38-18)31(41)33-14-24-12-22-10-21(20-4-3-5-25(13-20)39-6-8-42-9-7-39)11-23(27(22)37-24)15-40-17-36-28-29(32)34-16-35-30(28)40/h3-5,10-13,16-17,37H,6-9,14-15H2,1-2H3,(H,33,41)(H2,32,34,35). The second-order valence-corrected chi connectivity index (χ2v) is 10.7. The molecular formula is C31H31N9O3. The van der Waals surface area contributed by atoms with Gasteiger partial charge in [-0.15, -0.1) is 0 Å². The van der Waals surface area contributed by atoms with E-state index in [9.17, 15) is 4.79 Å². The van der Waals surface area contributed by atoms with Gasteiger partial charge in [-0.25, -0.2) is 15.0 Å². The zero-order chi connectivity index (χ0) is 29.5. The molecule has 0 radical (unpaired) electrons. The van der Waals surface area contributed by atoms with Gasteiger partial charge in [-0.2, -0.15) is 0 Å².